The third-order valence-corrected chi connectivity index (χ3v) is 2.35. The van der Waals surface area contributed by atoms with E-state index < -0.39 is 0 Å². The minimum Gasteiger partial charge on any atom is -0.313 e. The minimum atomic E-state index is 1.03. The molecule has 1 rings (SSSR count). The molecule has 1 N–H and O–H groups in total. The van der Waals surface area contributed by atoms with Crippen LogP contribution in [0.2, 0.25) is 0 Å². The van der Waals surface area contributed by atoms with Crippen molar-refractivity contribution in [1.29, 1.82) is 0 Å². The molecule has 0 saturated heterocycles. The van der Waals surface area contributed by atoms with Crippen molar-refractivity contribution >= 4 is 0 Å². The van der Waals surface area contributed by atoms with Crippen LogP contribution >= 0.6 is 0 Å². The van der Waals surface area contributed by atoms with Crippen molar-refractivity contribution < 1.29 is 0 Å². The molecule has 1 heterocycles. The Balaban J connectivity index is 0. The third-order valence-electron chi connectivity index (χ3n) is 2.35. The summed E-state index contributed by atoms with van der Waals surface area (Å²) in [5.41, 5.74) is 3.01. The van der Waals surface area contributed by atoms with Crippen LogP contribution in [-0.2, 0) is 0 Å². The van der Waals surface area contributed by atoms with E-state index in [-0.39, 0.29) is 0 Å². The SMILES string of the molecule is C/C=C\C=C(/CC)C1=CCNCC1.CC.CC. The Kier molecular flexibility index (Phi) is 16.6. The van der Waals surface area contributed by atoms with E-state index in [1.54, 1.807) is 0 Å². The zero-order valence-corrected chi connectivity index (χ0v) is 12.6. The van der Waals surface area contributed by atoms with E-state index in [4.69, 9.17) is 0 Å². The first-order valence-electron chi connectivity index (χ1n) is 7.10. The van der Waals surface area contributed by atoms with Gasteiger partial charge in [0.1, 0.15) is 0 Å². The van der Waals surface area contributed by atoms with Crippen LogP contribution in [0.25, 0.3) is 0 Å². The summed E-state index contributed by atoms with van der Waals surface area (Å²) in [5, 5.41) is 3.33. The number of nitrogens with one attached hydrogen (secondary N) is 1. The maximum absolute atomic E-state index is 3.33. The van der Waals surface area contributed by atoms with Gasteiger partial charge in [0.25, 0.3) is 0 Å². The molecule has 0 aromatic heterocycles. The number of allylic oxidation sites excluding steroid dienone is 4. The maximum Gasteiger partial charge on any atom is 0.0140 e. The van der Waals surface area contributed by atoms with E-state index in [1.807, 2.05) is 27.7 Å². The first-order valence-corrected chi connectivity index (χ1v) is 7.10. The monoisotopic (exact) mass is 237 g/mol. The Morgan fingerprint density at radius 1 is 1.29 bits per heavy atom. The Morgan fingerprint density at radius 3 is 2.35 bits per heavy atom. The highest BCUT2D eigenvalue weighted by atomic mass is 14.8. The summed E-state index contributed by atoms with van der Waals surface area (Å²) in [6, 6.07) is 0. The Hall–Kier alpha value is -0.820. The standard InChI is InChI=1S/C12H19N.2C2H6/c1-3-5-6-11(4-2)12-7-9-13-10-8-12;2*1-2/h3,5-7,13H,4,8-10H2,1-2H3;2*1-2H3/b5-3-,11-6+;;. The molecule has 0 saturated carbocycles. The molecule has 1 nitrogen and oxygen atoms in total. The summed E-state index contributed by atoms with van der Waals surface area (Å²) in [6.07, 6.45) is 11.1. The van der Waals surface area contributed by atoms with Gasteiger partial charge in [0, 0.05) is 6.54 Å². The zero-order chi connectivity index (χ0) is 13.5. The molecule has 0 aromatic rings. The average molecular weight is 237 g/mol. The van der Waals surface area contributed by atoms with Gasteiger partial charge in [0.2, 0.25) is 0 Å². The van der Waals surface area contributed by atoms with Crippen LogP contribution < -0.4 is 5.32 Å². The summed E-state index contributed by atoms with van der Waals surface area (Å²) in [6.45, 7) is 14.4. The van der Waals surface area contributed by atoms with Gasteiger partial charge in [-0.25, -0.2) is 0 Å². The molecule has 0 spiro atoms. The molecule has 17 heavy (non-hydrogen) atoms. The fourth-order valence-electron chi connectivity index (χ4n) is 1.58. The molecule has 1 heteroatoms. The lowest BCUT2D eigenvalue weighted by Gasteiger charge is -2.15. The maximum atomic E-state index is 3.33. The second-order valence-electron chi connectivity index (χ2n) is 3.25. The lowest BCUT2D eigenvalue weighted by atomic mass is 9.98. The van der Waals surface area contributed by atoms with Gasteiger partial charge in [-0.3, -0.25) is 0 Å². The van der Waals surface area contributed by atoms with Crippen LogP contribution in [0.4, 0.5) is 0 Å². The van der Waals surface area contributed by atoms with Gasteiger partial charge in [-0.05, 0) is 37.5 Å². The second-order valence-corrected chi connectivity index (χ2v) is 3.25. The number of hydrogen-bond acceptors (Lipinski definition) is 1. The molecular formula is C16H31N. The Bertz CT molecular complexity index is 234. The quantitative estimate of drug-likeness (QED) is 0.690. The van der Waals surface area contributed by atoms with Crippen molar-refractivity contribution in [3.63, 3.8) is 0 Å². The molecule has 100 valence electrons. The summed E-state index contributed by atoms with van der Waals surface area (Å²) in [7, 11) is 0. The van der Waals surface area contributed by atoms with E-state index >= 15 is 0 Å². The average Bonchev–Trinajstić information content (AvgIpc) is 2.45. The van der Waals surface area contributed by atoms with Crippen LogP contribution in [0.15, 0.2) is 35.5 Å². The van der Waals surface area contributed by atoms with Crippen molar-refractivity contribution in [2.45, 2.75) is 54.4 Å². The van der Waals surface area contributed by atoms with E-state index in [2.05, 4.69) is 43.5 Å². The molecule has 0 atom stereocenters. The second kappa shape index (κ2) is 15.2. The smallest absolute Gasteiger partial charge is 0.0140 e. The van der Waals surface area contributed by atoms with E-state index in [1.165, 1.54) is 17.6 Å². The van der Waals surface area contributed by atoms with Gasteiger partial charge in [-0.15, -0.1) is 0 Å². The molecule has 0 unspecified atom stereocenters. The summed E-state index contributed by atoms with van der Waals surface area (Å²) in [4.78, 5) is 0. The van der Waals surface area contributed by atoms with Crippen LogP contribution in [0.3, 0.4) is 0 Å². The molecule has 0 radical (unpaired) electrons. The van der Waals surface area contributed by atoms with Crippen molar-refractivity contribution in [3.8, 4) is 0 Å². The number of hydrogen-bond donors (Lipinski definition) is 1. The molecule has 0 bridgehead atoms. The molecule has 0 amide bonds. The fourth-order valence-corrected chi connectivity index (χ4v) is 1.58. The summed E-state index contributed by atoms with van der Waals surface area (Å²) >= 11 is 0. The zero-order valence-electron chi connectivity index (χ0n) is 12.6. The molecule has 1 aliphatic heterocycles. The van der Waals surface area contributed by atoms with Crippen molar-refractivity contribution in [3.05, 3.63) is 35.5 Å². The van der Waals surface area contributed by atoms with Gasteiger partial charge in [-0.1, -0.05) is 58.9 Å². The van der Waals surface area contributed by atoms with Crippen LogP contribution in [-0.4, -0.2) is 13.1 Å². The lowest BCUT2D eigenvalue weighted by Crippen LogP contribution is -2.21. The normalized spacial score (nSPS) is 15.4. The molecule has 0 fully saturated rings. The van der Waals surface area contributed by atoms with Gasteiger partial charge in [0.15, 0.2) is 0 Å². The summed E-state index contributed by atoms with van der Waals surface area (Å²) in [5.74, 6) is 0. The van der Waals surface area contributed by atoms with Gasteiger partial charge < -0.3 is 5.32 Å². The molecular weight excluding hydrogens is 206 g/mol. The number of rotatable bonds is 3. The van der Waals surface area contributed by atoms with E-state index in [0.717, 1.165) is 19.5 Å². The lowest BCUT2D eigenvalue weighted by molar-refractivity contribution is 0.703. The van der Waals surface area contributed by atoms with Gasteiger partial charge in [-0.2, -0.15) is 0 Å². The topological polar surface area (TPSA) is 12.0 Å². The van der Waals surface area contributed by atoms with Gasteiger partial charge >= 0.3 is 0 Å². The summed E-state index contributed by atoms with van der Waals surface area (Å²) < 4.78 is 0. The van der Waals surface area contributed by atoms with Crippen LogP contribution in [0.1, 0.15) is 54.4 Å². The largest absolute Gasteiger partial charge is 0.313 e. The Morgan fingerprint density at radius 2 is 1.94 bits per heavy atom. The first kappa shape index (κ1) is 18.5. The van der Waals surface area contributed by atoms with Crippen LogP contribution in [0, 0.1) is 0 Å². The molecule has 0 aliphatic carbocycles. The fraction of sp³-hybridized carbons (Fsp3) is 0.625. The predicted octanol–water partition coefficient (Wildman–Crippen LogP) is 4.87. The highest BCUT2D eigenvalue weighted by Crippen LogP contribution is 2.18. The van der Waals surface area contributed by atoms with Crippen molar-refractivity contribution in [2.24, 2.45) is 0 Å². The van der Waals surface area contributed by atoms with Gasteiger partial charge in [0.05, 0.1) is 0 Å². The van der Waals surface area contributed by atoms with E-state index in [0.29, 0.717) is 0 Å². The van der Waals surface area contributed by atoms with Crippen LogP contribution in [0.5, 0.6) is 0 Å². The highest BCUT2D eigenvalue weighted by Gasteiger charge is 2.05. The predicted molar refractivity (Wildman–Crippen MR) is 81.5 cm³/mol. The highest BCUT2D eigenvalue weighted by molar-refractivity contribution is 5.34. The molecule has 1 aliphatic rings. The Labute approximate surface area is 109 Å². The van der Waals surface area contributed by atoms with Crippen molar-refractivity contribution in [1.82, 2.24) is 5.32 Å². The van der Waals surface area contributed by atoms with Crippen molar-refractivity contribution in [2.75, 3.05) is 13.1 Å². The first-order chi connectivity index (χ1) is 8.38. The third kappa shape index (κ3) is 8.93. The minimum absolute atomic E-state index is 1.03. The molecule has 0 aromatic carbocycles. The van der Waals surface area contributed by atoms with E-state index in [9.17, 15) is 0 Å².